The highest BCUT2D eigenvalue weighted by molar-refractivity contribution is 5.84. The first-order valence-corrected chi connectivity index (χ1v) is 7.05. The lowest BCUT2D eigenvalue weighted by atomic mass is 10.1. The van der Waals surface area contributed by atoms with E-state index in [0.717, 1.165) is 6.42 Å². The Balaban J connectivity index is 3.02. The van der Waals surface area contributed by atoms with Crippen molar-refractivity contribution in [1.82, 2.24) is 15.1 Å². The fourth-order valence-corrected chi connectivity index (χ4v) is 1.94. The molecule has 2 N–H and O–H groups in total. The lowest BCUT2D eigenvalue weighted by molar-refractivity contribution is -0.384. The molecule has 8 nitrogen and oxygen atoms in total. The lowest BCUT2D eigenvalue weighted by Gasteiger charge is -2.14. The Bertz CT molecular complexity index is 524. The van der Waals surface area contributed by atoms with Gasteiger partial charge in [0.1, 0.15) is 11.7 Å². The zero-order valence-corrected chi connectivity index (χ0v) is 13.1. The molecule has 0 spiro atoms. The fourth-order valence-electron chi connectivity index (χ4n) is 1.94. The van der Waals surface area contributed by atoms with Crippen molar-refractivity contribution in [3.05, 3.63) is 15.8 Å². The Morgan fingerprint density at radius 2 is 2.05 bits per heavy atom. The quantitative estimate of drug-likeness (QED) is 0.590. The van der Waals surface area contributed by atoms with E-state index < -0.39 is 11.0 Å². The van der Waals surface area contributed by atoms with Crippen LogP contribution in [0.5, 0.6) is 0 Å². The average Bonchev–Trinajstić information content (AvgIpc) is 2.73. The van der Waals surface area contributed by atoms with Gasteiger partial charge >= 0.3 is 5.69 Å². The maximum absolute atomic E-state index is 11.9. The summed E-state index contributed by atoms with van der Waals surface area (Å²) in [6.45, 7) is 7.89. The first-order valence-electron chi connectivity index (χ1n) is 7.05. The topological polar surface area (TPSA) is 102 Å². The zero-order chi connectivity index (χ0) is 16.2. The molecule has 1 amide bonds. The van der Waals surface area contributed by atoms with Gasteiger partial charge in [0.2, 0.25) is 11.7 Å². The number of hydrogen-bond acceptors (Lipinski definition) is 5. The van der Waals surface area contributed by atoms with Crippen molar-refractivity contribution in [3.63, 3.8) is 0 Å². The van der Waals surface area contributed by atoms with Gasteiger partial charge in [-0.15, -0.1) is 0 Å². The molecule has 0 bridgehead atoms. The Morgan fingerprint density at radius 3 is 2.52 bits per heavy atom. The normalized spacial score (nSPS) is 12.3. The first-order chi connectivity index (χ1) is 9.79. The molecule has 0 aliphatic rings. The molecule has 1 atom stereocenters. The molecule has 1 rings (SSSR count). The summed E-state index contributed by atoms with van der Waals surface area (Å²) in [7, 11) is 1.62. The maximum Gasteiger partial charge on any atom is 0.334 e. The molecule has 0 aromatic carbocycles. The summed E-state index contributed by atoms with van der Waals surface area (Å²) in [5.41, 5.74) is 0.341. The summed E-state index contributed by atoms with van der Waals surface area (Å²) in [5.74, 6) is -0.0160. The molecular formula is C13H23N5O3. The molecule has 0 saturated carbocycles. The molecule has 8 heteroatoms. The molecule has 0 radical (unpaired) electrons. The number of anilines is 1. The third kappa shape index (κ3) is 3.93. The van der Waals surface area contributed by atoms with E-state index >= 15 is 0 Å². The van der Waals surface area contributed by atoms with Gasteiger partial charge in [-0.25, -0.2) is 4.68 Å². The molecule has 1 unspecified atom stereocenters. The van der Waals surface area contributed by atoms with Gasteiger partial charge in [0.15, 0.2) is 0 Å². The van der Waals surface area contributed by atoms with E-state index in [9.17, 15) is 14.9 Å². The molecule has 1 aromatic rings. The highest BCUT2D eigenvalue weighted by atomic mass is 16.6. The predicted molar refractivity (Wildman–Crippen MR) is 80.3 cm³/mol. The summed E-state index contributed by atoms with van der Waals surface area (Å²) in [6, 6.07) is -0.578. The monoisotopic (exact) mass is 297 g/mol. The third-order valence-electron chi connectivity index (χ3n) is 3.07. The van der Waals surface area contributed by atoms with E-state index in [1.807, 2.05) is 20.8 Å². The largest absolute Gasteiger partial charge is 0.354 e. The highest BCUT2D eigenvalue weighted by Crippen LogP contribution is 2.33. The number of hydrogen-bond donors (Lipinski definition) is 2. The van der Waals surface area contributed by atoms with E-state index in [1.54, 1.807) is 14.0 Å². The van der Waals surface area contributed by atoms with Gasteiger partial charge in [0, 0.05) is 19.5 Å². The van der Waals surface area contributed by atoms with Crippen LogP contribution in [0.3, 0.4) is 0 Å². The second-order valence-corrected chi connectivity index (χ2v) is 5.27. The van der Waals surface area contributed by atoms with E-state index in [1.165, 1.54) is 4.68 Å². The molecule has 21 heavy (non-hydrogen) atoms. The number of nitrogens with zero attached hydrogens (tertiary/aromatic N) is 3. The minimum atomic E-state index is -0.578. The SMILES string of the molecule is CCCNC(=O)C(C)Nc1c([N+](=O)[O-])c(C(C)C)nn1C. The van der Waals surface area contributed by atoms with Crippen LogP contribution in [-0.2, 0) is 11.8 Å². The van der Waals surface area contributed by atoms with Crippen LogP contribution in [0.1, 0.15) is 45.7 Å². The zero-order valence-electron chi connectivity index (χ0n) is 13.1. The average molecular weight is 297 g/mol. The van der Waals surface area contributed by atoms with Crippen molar-refractivity contribution in [1.29, 1.82) is 0 Å². The molecule has 1 heterocycles. The minimum absolute atomic E-state index is 0.0670. The van der Waals surface area contributed by atoms with Crippen molar-refractivity contribution in [2.45, 2.75) is 46.1 Å². The summed E-state index contributed by atoms with van der Waals surface area (Å²) in [4.78, 5) is 22.7. The molecule has 118 valence electrons. The maximum atomic E-state index is 11.9. The van der Waals surface area contributed by atoms with Crippen LogP contribution in [0.25, 0.3) is 0 Å². The molecule has 0 fully saturated rings. The van der Waals surface area contributed by atoms with E-state index in [2.05, 4.69) is 15.7 Å². The number of aryl methyl sites for hydroxylation is 1. The molecule has 1 aromatic heterocycles. The van der Waals surface area contributed by atoms with Crippen LogP contribution >= 0.6 is 0 Å². The molecular weight excluding hydrogens is 274 g/mol. The van der Waals surface area contributed by atoms with Crippen molar-refractivity contribution < 1.29 is 9.72 Å². The number of carbonyl (C=O) groups is 1. The second kappa shape index (κ2) is 7.05. The smallest absolute Gasteiger partial charge is 0.334 e. The number of amides is 1. The van der Waals surface area contributed by atoms with Crippen molar-refractivity contribution >= 4 is 17.4 Å². The first kappa shape index (κ1) is 16.9. The van der Waals surface area contributed by atoms with Crippen molar-refractivity contribution in [3.8, 4) is 0 Å². The number of aromatic nitrogens is 2. The second-order valence-electron chi connectivity index (χ2n) is 5.27. The van der Waals surface area contributed by atoms with Gasteiger partial charge < -0.3 is 10.6 Å². The van der Waals surface area contributed by atoms with E-state index in [4.69, 9.17) is 0 Å². The Kier molecular flexibility index (Phi) is 5.69. The van der Waals surface area contributed by atoms with Crippen LogP contribution in [0.4, 0.5) is 11.5 Å². The van der Waals surface area contributed by atoms with Crippen LogP contribution in [0.15, 0.2) is 0 Å². The van der Waals surface area contributed by atoms with Crippen LogP contribution in [0.2, 0.25) is 0 Å². The Hall–Kier alpha value is -2.12. The summed E-state index contributed by atoms with van der Waals surface area (Å²) in [5, 5.41) is 21.1. The van der Waals surface area contributed by atoms with E-state index in [-0.39, 0.29) is 23.3 Å². The fraction of sp³-hybridized carbons (Fsp3) is 0.692. The van der Waals surface area contributed by atoms with Gasteiger partial charge in [-0.3, -0.25) is 14.9 Å². The molecule has 0 aliphatic heterocycles. The number of rotatable bonds is 7. The lowest BCUT2D eigenvalue weighted by Crippen LogP contribution is -2.38. The number of nitrogens with one attached hydrogen (secondary N) is 2. The number of carbonyl (C=O) groups excluding carboxylic acids is 1. The van der Waals surface area contributed by atoms with Gasteiger partial charge in [0.05, 0.1) is 4.92 Å². The van der Waals surface area contributed by atoms with Crippen LogP contribution < -0.4 is 10.6 Å². The van der Waals surface area contributed by atoms with Crippen molar-refractivity contribution in [2.75, 3.05) is 11.9 Å². The van der Waals surface area contributed by atoms with Crippen molar-refractivity contribution in [2.24, 2.45) is 7.05 Å². The summed E-state index contributed by atoms with van der Waals surface area (Å²) in [6.07, 6.45) is 0.835. The van der Waals surface area contributed by atoms with Gasteiger partial charge in [-0.1, -0.05) is 20.8 Å². The van der Waals surface area contributed by atoms with Crippen LogP contribution in [0, 0.1) is 10.1 Å². The summed E-state index contributed by atoms with van der Waals surface area (Å²) >= 11 is 0. The summed E-state index contributed by atoms with van der Waals surface area (Å²) < 4.78 is 1.41. The predicted octanol–water partition coefficient (Wildman–Crippen LogP) is 1.78. The Labute approximate surface area is 124 Å². The third-order valence-corrected chi connectivity index (χ3v) is 3.07. The standard InChI is InChI=1S/C13H23N5O3/c1-6-7-14-13(19)9(4)15-12-11(18(20)21)10(8(2)3)16-17(12)5/h8-9,15H,6-7H2,1-5H3,(H,14,19). The molecule has 0 aliphatic carbocycles. The van der Waals surface area contributed by atoms with Gasteiger partial charge in [-0.05, 0) is 13.3 Å². The Morgan fingerprint density at radius 1 is 1.43 bits per heavy atom. The molecule has 0 saturated heterocycles. The number of nitro groups is 1. The highest BCUT2D eigenvalue weighted by Gasteiger charge is 2.30. The van der Waals surface area contributed by atoms with Crippen LogP contribution in [-0.4, -0.2) is 33.2 Å². The van der Waals surface area contributed by atoms with Gasteiger partial charge in [-0.2, -0.15) is 5.10 Å². The minimum Gasteiger partial charge on any atom is -0.354 e. The van der Waals surface area contributed by atoms with Gasteiger partial charge in [0.25, 0.3) is 0 Å². The van der Waals surface area contributed by atoms with E-state index in [0.29, 0.717) is 12.2 Å².